The lowest BCUT2D eigenvalue weighted by molar-refractivity contribution is 0.241. The molecule has 0 spiro atoms. The summed E-state index contributed by atoms with van der Waals surface area (Å²) in [6, 6.07) is 2.64. The largest absolute Gasteiger partial charge is 0.337 e. The summed E-state index contributed by atoms with van der Waals surface area (Å²) in [5.41, 5.74) is 0. The molecular formula is C11H18N4. The van der Waals surface area contributed by atoms with Crippen LogP contribution in [0.2, 0.25) is 0 Å². The summed E-state index contributed by atoms with van der Waals surface area (Å²) in [5.74, 6) is 0. The molecule has 0 aromatic carbocycles. The van der Waals surface area contributed by atoms with Gasteiger partial charge in [-0.25, -0.2) is 4.98 Å². The second-order valence-electron chi connectivity index (χ2n) is 3.88. The van der Waals surface area contributed by atoms with Crippen molar-refractivity contribution in [3.8, 4) is 6.07 Å². The van der Waals surface area contributed by atoms with E-state index in [1.54, 1.807) is 6.20 Å². The molecule has 1 heterocycles. The van der Waals surface area contributed by atoms with Crippen LogP contribution in [0.1, 0.15) is 20.3 Å². The van der Waals surface area contributed by atoms with Gasteiger partial charge >= 0.3 is 0 Å². The summed E-state index contributed by atoms with van der Waals surface area (Å²) < 4.78 is 2.06. The first-order valence-corrected chi connectivity index (χ1v) is 5.30. The molecule has 82 valence electrons. The number of nitriles is 1. The molecule has 4 nitrogen and oxygen atoms in total. The molecular weight excluding hydrogens is 188 g/mol. The molecule has 0 unspecified atom stereocenters. The van der Waals surface area contributed by atoms with Crippen LogP contribution in [0.5, 0.6) is 0 Å². The van der Waals surface area contributed by atoms with E-state index >= 15 is 0 Å². The van der Waals surface area contributed by atoms with E-state index in [0.717, 1.165) is 19.5 Å². The number of hydrogen-bond donors (Lipinski definition) is 0. The van der Waals surface area contributed by atoms with Crippen molar-refractivity contribution in [2.45, 2.75) is 32.9 Å². The third-order valence-corrected chi connectivity index (χ3v) is 2.42. The molecule has 0 saturated carbocycles. The van der Waals surface area contributed by atoms with Crippen molar-refractivity contribution in [3.63, 3.8) is 0 Å². The van der Waals surface area contributed by atoms with Crippen molar-refractivity contribution in [2.75, 3.05) is 13.1 Å². The fraction of sp³-hybridized carbons (Fsp3) is 0.636. The fourth-order valence-electron chi connectivity index (χ4n) is 1.49. The highest BCUT2D eigenvalue weighted by Crippen LogP contribution is 2.00. The van der Waals surface area contributed by atoms with Gasteiger partial charge in [0.15, 0.2) is 0 Å². The number of rotatable bonds is 6. The monoisotopic (exact) mass is 206 g/mol. The van der Waals surface area contributed by atoms with Crippen molar-refractivity contribution in [1.29, 1.82) is 5.26 Å². The van der Waals surface area contributed by atoms with Gasteiger partial charge in [0.2, 0.25) is 0 Å². The summed E-state index contributed by atoms with van der Waals surface area (Å²) in [6.45, 7) is 6.68. The Hall–Kier alpha value is -1.34. The van der Waals surface area contributed by atoms with E-state index in [0.29, 0.717) is 12.6 Å². The second kappa shape index (κ2) is 6.20. The van der Waals surface area contributed by atoms with E-state index in [4.69, 9.17) is 5.26 Å². The van der Waals surface area contributed by atoms with Gasteiger partial charge in [-0.2, -0.15) is 5.26 Å². The van der Waals surface area contributed by atoms with Crippen LogP contribution < -0.4 is 0 Å². The van der Waals surface area contributed by atoms with E-state index in [2.05, 4.69) is 34.4 Å². The molecule has 0 radical (unpaired) electrons. The molecule has 1 aromatic rings. The molecule has 4 heteroatoms. The predicted octanol–water partition coefficient (Wildman–Crippen LogP) is 1.51. The standard InChI is InChI=1S/C11H18N4/c1-11(2)15(8-4-12)7-3-6-14-9-5-13-10-14/h5,9-11H,3,6-8H2,1-2H3. The van der Waals surface area contributed by atoms with Gasteiger partial charge < -0.3 is 4.57 Å². The lowest BCUT2D eigenvalue weighted by atomic mass is 10.3. The molecule has 1 aromatic heterocycles. The van der Waals surface area contributed by atoms with Gasteiger partial charge in [0.1, 0.15) is 0 Å². The zero-order valence-corrected chi connectivity index (χ0v) is 9.43. The summed E-state index contributed by atoms with van der Waals surface area (Å²) in [5, 5.41) is 8.66. The lowest BCUT2D eigenvalue weighted by Gasteiger charge is -2.23. The van der Waals surface area contributed by atoms with Crippen LogP contribution in [0.3, 0.4) is 0 Å². The van der Waals surface area contributed by atoms with Gasteiger partial charge in [0.05, 0.1) is 18.9 Å². The third-order valence-electron chi connectivity index (χ3n) is 2.42. The van der Waals surface area contributed by atoms with E-state index in [1.807, 2.05) is 12.5 Å². The maximum absolute atomic E-state index is 8.66. The Morgan fingerprint density at radius 2 is 2.33 bits per heavy atom. The van der Waals surface area contributed by atoms with E-state index in [9.17, 15) is 0 Å². The van der Waals surface area contributed by atoms with E-state index in [1.165, 1.54) is 0 Å². The molecule has 0 aliphatic carbocycles. The molecule has 15 heavy (non-hydrogen) atoms. The van der Waals surface area contributed by atoms with Crippen LogP contribution in [0.25, 0.3) is 0 Å². The van der Waals surface area contributed by atoms with Gasteiger partial charge in [0, 0.05) is 31.5 Å². The Morgan fingerprint density at radius 1 is 1.53 bits per heavy atom. The SMILES string of the molecule is CC(C)N(CC#N)CCCn1ccnc1. The van der Waals surface area contributed by atoms with E-state index in [-0.39, 0.29) is 0 Å². The van der Waals surface area contributed by atoms with Crippen LogP contribution in [0.15, 0.2) is 18.7 Å². The first kappa shape index (κ1) is 11.7. The Balaban J connectivity index is 2.25. The fourth-order valence-corrected chi connectivity index (χ4v) is 1.49. The Labute approximate surface area is 91.1 Å². The van der Waals surface area contributed by atoms with Crippen molar-refractivity contribution in [1.82, 2.24) is 14.5 Å². The molecule has 0 N–H and O–H groups in total. The van der Waals surface area contributed by atoms with Crippen LogP contribution in [-0.2, 0) is 6.54 Å². The number of nitrogens with zero attached hydrogens (tertiary/aromatic N) is 4. The summed E-state index contributed by atoms with van der Waals surface area (Å²) >= 11 is 0. The molecule has 0 amide bonds. The van der Waals surface area contributed by atoms with Gasteiger partial charge in [0.25, 0.3) is 0 Å². The minimum atomic E-state index is 0.437. The molecule has 0 aliphatic rings. The predicted molar refractivity (Wildman–Crippen MR) is 59.2 cm³/mol. The molecule has 0 aliphatic heterocycles. The number of aryl methyl sites for hydroxylation is 1. The summed E-state index contributed by atoms with van der Waals surface area (Å²) in [6.07, 6.45) is 6.62. The van der Waals surface area contributed by atoms with Gasteiger partial charge in [-0.1, -0.05) is 0 Å². The van der Waals surface area contributed by atoms with Crippen molar-refractivity contribution in [2.24, 2.45) is 0 Å². The maximum atomic E-state index is 8.66. The number of hydrogen-bond acceptors (Lipinski definition) is 3. The molecule has 0 bridgehead atoms. The first-order chi connectivity index (χ1) is 7.24. The van der Waals surface area contributed by atoms with Crippen molar-refractivity contribution < 1.29 is 0 Å². The quantitative estimate of drug-likeness (QED) is 0.663. The van der Waals surface area contributed by atoms with Crippen molar-refractivity contribution in [3.05, 3.63) is 18.7 Å². The smallest absolute Gasteiger partial charge is 0.0945 e. The Bertz CT molecular complexity index is 297. The van der Waals surface area contributed by atoms with Crippen LogP contribution >= 0.6 is 0 Å². The molecule has 0 fully saturated rings. The zero-order valence-electron chi connectivity index (χ0n) is 9.43. The van der Waals surface area contributed by atoms with E-state index < -0.39 is 0 Å². The number of imidazole rings is 1. The average Bonchev–Trinajstić information content (AvgIpc) is 2.69. The first-order valence-electron chi connectivity index (χ1n) is 5.30. The lowest BCUT2D eigenvalue weighted by Crippen LogP contribution is -2.32. The van der Waals surface area contributed by atoms with Gasteiger partial charge in [-0.3, -0.25) is 4.90 Å². The summed E-state index contributed by atoms with van der Waals surface area (Å²) in [7, 11) is 0. The molecule has 0 atom stereocenters. The minimum absolute atomic E-state index is 0.437. The van der Waals surface area contributed by atoms with Crippen LogP contribution in [0.4, 0.5) is 0 Å². The normalized spacial score (nSPS) is 10.9. The average molecular weight is 206 g/mol. The maximum Gasteiger partial charge on any atom is 0.0945 e. The number of aromatic nitrogens is 2. The zero-order chi connectivity index (χ0) is 11.1. The van der Waals surface area contributed by atoms with Crippen LogP contribution in [-0.4, -0.2) is 33.6 Å². The Morgan fingerprint density at radius 3 is 2.87 bits per heavy atom. The Kier molecular flexibility index (Phi) is 4.85. The van der Waals surface area contributed by atoms with Crippen LogP contribution in [0, 0.1) is 11.3 Å². The summed E-state index contributed by atoms with van der Waals surface area (Å²) in [4.78, 5) is 6.17. The van der Waals surface area contributed by atoms with Crippen molar-refractivity contribution >= 4 is 0 Å². The molecule has 0 saturated heterocycles. The molecule has 1 rings (SSSR count). The topological polar surface area (TPSA) is 44.9 Å². The van der Waals surface area contributed by atoms with Gasteiger partial charge in [-0.05, 0) is 20.3 Å². The minimum Gasteiger partial charge on any atom is -0.337 e. The second-order valence-corrected chi connectivity index (χ2v) is 3.88. The third kappa shape index (κ3) is 4.13. The highest BCUT2D eigenvalue weighted by molar-refractivity contribution is 4.79. The van der Waals surface area contributed by atoms with Gasteiger partial charge in [-0.15, -0.1) is 0 Å². The highest BCUT2D eigenvalue weighted by Gasteiger charge is 2.07. The highest BCUT2D eigenvalue weighted by atomic mass is 15.1.